The van der Waals surface area contributed by atoms with Gasteiger partial charge in [-0.15, -0.1) is 11.8 Å². The summed E-state index contributed by atoms with van der Waals surface area (Å²) >= 11 is 1.61. The van der Waals surface area contributed by atoms with Crippen LogP contribution in [-0.2, 0) is 4.79 Å². The van der Waals surface area contributed by atoms with Crippen LogP contribution >= 0.6 is 11.8 Å². The second-order valence-electron chi connectivity index (χ2n) is 6.89. The van der Waals surface area contributed by atoms with Crippen LogP contribution in [0.3, 0.4) is 0 Å². The highest BCUT2D eigenvalue weighted by Crippen LogP contribution is 2.39. The maximum atomic E-state index is 12.9. The molecule has 1 saturated heterocycles. The molecule has 1 fully saturated rings. The average Bonchev–Trinajstić information content (AvgIpc) is 3.17. The summed E-state index contributed by atoms with van der Waals surface area (Å²) in [5.74, 6) is 2.22. The van der Waals surface area contributed by atoms with Gasteiger partial charge >= 0.3 is 0 Å². The molecular weight excluding hydrogens is 358 g/mol. The van der Waals surface area contributed by atoms with E-state index in [1.807, 2.05) is 23.1 Å². The quantitative estimate of drug-likeness (QED) is 0.671. The van der Waals surface area contributed by atoms with Crippen LogP contribution in [0, 0.1) is 13.8 Å². The number of ether oxygens (including phenoxy) is 2. The van der Waals surface area contributed by atoms with E-state index in [0.717, 1.165) is 41.3 Å². The van der Waals surface area contributed by atoms with Crippen molar-refractivity contribution in [3.05, 3.63) is 53.1 Å². The molecule has 0 saturated carbocycles. The highest BCUT2D eigenvalue weighted by atomic mass is 32.2. The van der Waals surface area contributed by atoms with Crippen molar-refractivity contribution >= 4 is 17.7 Å². The average molecular weight is 386 g/mol. The van der Waals surface area contributed by atoms with Gasteiger partial charge in [0, 0.05) is 17.0 Å². The number of nitrogens with zero attached hydrogens (tertiary/aromatic N) is 1. The van der Waals surface area contributed by atoms with Crippen molar-refractivity contribution in [3.8, 4) is 11.5 Å². The van der Waals surface area contributed by atoms with E-state index in [9.17, 15) is 4.79 Å². The lowest BCUT2D eigenvalue weighted by molar-refractivity contribution is -0.129. The Morgan fingerprint density at radius 2 is 1.93 bits per heavy atom. The van der Waals surface area contributed by atoms with E-state index in [-0.39, 0.29) is 11.9 Å². The number of hydrogen-bond donors (Lipinski definition) is 0. The number of methoxy groups -OCH3 is 2. The first kappa shape index (κ1) is 19.6. The van der Waals surface area contributed by atoms with Gasteiger partial charge in [0.1, 0.15) is 11.5 Å². The van der Waals surface area contributed by atoms with Crippen molar-refractivity contribution in [2.75, 3.05) is 26.5 Å². The van der Waals surface area contributed by atoms with E-state index in [2.05, 4.69) is 32.0 Å². The van der Waals surface area contributed by atoms with Crippen molar-refractivity contribution in [1.82, 2.24) is 4.90 Å². The van der Waals surface area contributed by atoms with E-state index >= 15 is 0 Å². The van der Waals surface area contributed by atoms with E-state index < -0.39 is 0 Å². The first-order valence-corrected chi connectivity index (χ1v) is 10.2. The Kier molecular flexibility index (Phi) is 6.32. The van der Waals surface area contributed by atoms with Gasteiger partial charge in [-0.3, -0.25) is 4.79 Å². The molecule has 1 unspecified atom stereocenters. The van der Waals surface area contributed by atoms with Gasteiger partial charge in [0.25, 0.3) is 0 Å². The van der Waals surface area contributed by atoms with Gasteiger partial charge in [0.05, 0.1) is 26.0 Å². The summed E-state index contributed by atoms with van der Waals surface area (Å²) in [4.78, 5) is 16.1. The smallest absolute Gasteiger partial charge is 0.233 e. The lowest BCUT2D eigenvalue weighted by Crippen LogP contribution is -2.32. The minimum atomic E-state index is 0.0444. The van der Waals surface area contributed by atoms with Crippen LogP contribution in [-0.4, -0.2) is 37.3 Å². The Morgan fingerprint density at radius 1 is 1.11 bits per heavy atom. The van der Waals surface area contributed by atoms with Crippen molar-refractivity contribution in [3.63, 3.8) is 0 Å². The molecule has 2 aromatic carbocycles. The van der Waals surface area contributed by atoms with Gasteiger partial charge in [0.15, 0.2) is 0 Å². The number of aryl methyl sites for hydroxylation is 2. The van der Waals surface area contributed by atoms with Gasteiger partial charge in [-0.25, -0.2) is 0 Å². The summed E-state index contributed by atoms with van der Waals surface area (Å²) in [6.07, 6.45) is 1.95. The van der Waals surface area contributed by atoms with E-state index in [1.165, 1.54) is 11.1 Å². The first-order chi connectivity index (χ1) is 13.0. The number of likely N-dealkylation sites (tertiary alicyclic amines) is 1. The van der Waals surface area contributed by atoms with Crippen LogP contribution in [0.15, 0.2) is 41.3 Å². The molecule has 0 bridgehead atoms. The zero-order chi connectivity index (χ0) is 19.4. The third-order valence-electron chi connectivity index (χ3n) is 5.21. The molecule has 0 aliphatic carbocycles. The van der Waals surface area contributed by atoms with Crippen molar-refractivity contribution < 1.29 is 14.3 Å². The zero-order valence-corrected chi connectivity index (χ0v) is 17.3. The number of carbonyl (C=O) groups excluding carboxylic acids is 1. The van der Waals surface area contributed by atoms with E-state index in [0.29, 0.717) is 5.75 Å². The molecule has 4 nitrogen and oxygen atoms in total. The Bertz CT molecular complexity index is 821. The molecule has 1 amide bonds. The number of amides is 1. The Morgan fingerprint density at radius 3 is 2.63 bits per heavy atom. The summed E-state index contributed by atoms with van der Waals surface area (Å²) in [5, 5.41) is 0. The first-order valence-electron chi connectivity index (χ1n) is 9.25. The minimum absolute atomic E-state index is 0.0444. The SMILES string of the molecule is COc1ccc(OC)c(C2CCCN2C(=O)CSc2ccc(C)c(C)c2)c1. The summed E-state index contributed by atoms with van der Waals surface area (Å²) in [7, 11) is 3.32. The number of carbonyl (C=O) groups is 1. The fourth-order valence-corrected chi connectivity index (χ4v) is 4.40. The van der Waals surface area contributed by atoms with Crippen LogP contribution in [0.2, 0.25) is 0 Å². The van der Waals surface area contributed by atoms with Gasteiger partial charge in [-0.2, -0.15) is 0 Å². The third kappa shape index (κ3) is 4.41. The van der Waals surface area contributed by atoms with Crippen molar-refractivity contribution in [1.29, 1.82) is 0 Å². The summed E-state index contributed by atoms with van der Waals surface area (Å²) in [6.45, 7) is 5.00. The Labute approximate surface area is 165 Å². The largest absolute Gasteiger partial charge is 0.497 e. The van der Waals surface area contributed by atoms with E-state index in [1.54, 1.807) is 26.0 Å². The normalized spacial score (nSPS) is 16.4. The van der Waals surface area contributed by atoms with Crippen LogP contribution in [0.25, 0.3) is 0 Å². The highest BCUT2D eigenvalue weighted by Gasteiger charge is 2.32. The second kappa shape index (κ2) is 8.70. The lowest BCUT2D eigenvalue weighted by Gasteiger charge is -2.26. The molecule has 2 aromatic rings. The number of hydrogen-bond acceptors (Lipinski definition) is 4. The molecule has 144 valence electrons. The summed E-state index contributed by atoms with van der Waals surface area (Å²) in [5.41, 5.74) is 3.56. The molecule has 1 aliphatic heterocycles. The monoisotopic (exact) mass is 385 g/mol. The Hall–Kier alpha value is -2.14. The van der Waals surface area contributed by atoms with Gasteiger partial charge in [-0.1, -0.05) is 6.07 Å². The Balaban J connectivity index is 1.74. The molecule has 0 radical (unpaired) electrons. The number of thioether (sulfide) groups is 1. The highest BCUT2D eigenvalue weighted by molar-refractivity contribution is 8.00. The predicted molar refractivity (Wildman–Crippen MR) is 110 cm³/mol. The molecule has 0 N–H and O–H groups in total. The topological polar surface area (TPSA) is 38.8 Å². The molecule has 27 heavy (non-hydrogen) atoms. The molecule has 1 atom stereocenters. The van der Waals surface area contributed by atoms with Crippen molar-refractivity contribution in [2.24, 2.45) is 0 Å². The summed E-state index contributed by atoms with van der Waals surface area (Å²) in [6, 6.07) is 12.2. The molecule has 0 spiro atoms. The third-order valence-corrected chi connectivity index (χ3v) is 6.19. The van der Waals surface area contributed by atoms with Gasteiger partial charge in [0.2, 0.25) is 5.91 Å². The number of rotatable bonds is 6. The number of benzene rings is 2. The van der Waals surface area contributed by atoms with Crippen LogP contribution in [0.5, 0.6) is 11.5 Å². The predicted octanol–water partition coefficient (Wildman–Crippen LogP) is 4.78. The molecule has 5 heteroatoms. The lowest BCUT2D eigenvalue weighted by atomic mass is 10.0. The second-order valence-corrected chi connectivity index (χ2v) is 7.94. The van der Waals surface area contributed by atoms with Crippen LogP contribution < -0.4 is 9.47 Å². The molecule has 3 rings (SSSR count). The van der Waals surface area contributed by atoms with Crippen LogP contribution in [0.1, 0.15) is 35.6 Å². The maximum Gasteiger partial charge on any atom is 0.233 e. The molecular formula is C22H27NO3S. The minimum Gasteiger partial charge on any atom is -0.497 e. The van der Waals surface area contributed by atoms with E-state index in [4.69, 9.17) is 9.47 Å². The summed E-state index contributed by atoms with van der Waals surface area (Å²) < 4.78 is 10.9. The fourth-order valence-electron chi connectivity index (χ4n) is 3.52. The maximum absolute atomic E-state index is 12.9. The zero-order valence-electron chi connectivity index (χ0n) is 16.5. The van der Waals surface area contributed by atoms with Crippen LogP contribution in [0.4, 0.5) is 0 Å². The van der Waals surface area contributed by atoms with Crippen molar-refractivity contribution in [2.45, 2.75) is 37.6 Å². The van der Waals surface area contributed by atoms with Gasteiger partial charge in [-0.05, 0) is 68.1 Å². The standard InChI is InChI=1S/C22H27NO3S/c1-15-7-9-18(12-16(15)2)27-14-22(24)23-11-5-6-20(23)19-13-17(25-3)8-10-21(19)26-4/h7-10,12-13,20H,5-6,11,14H2,1-4H3. The fraction of sp³-hybridized carbons (Fsp3) is 0.409. The molecule has 1 heterocycles. The molecule has 0 aromatic heterocycles. The molecule has 1 aliphatic rings. The van der Waals surface area contributed by atoms with Gasteiger partial charge < -0.3 is 14.4 Å².